The number of fused-ring (bicyclic) bond motifs is 1. The summed E-state index contributed by atoms with van der Waals surface area (Å²) < 4.78 is 1.28. The van der Waals surface area contributed by atoms with Crippen LogP contribution in [0.5, 0.6) is 0 Å². The molecule has 0 bridgehead atoms. The molecule has 0 aliphatic rings. The van der Waals surface area contributed by atoms with Gasteiger partial charge in [-0.3, -0.25) is 0 Å². The lowest BCUT2D eigenvalue weighted by Gasteiger charge is -2.10. The maximum absolute atomic E-state index is 5.74. The van der Waals surface area contributed by atoms with E-state index in [0.717, 1.165) is 17.6 Å². The highest BCUT2D eigenvalue weighted by molar-refractivity contribution is 7.18. The molecular formula is C17H18N2S. The van der Waals surface area contributed by atoms with Gasteiger partial charge in [0, 0.05) is 12.1 Å². The van der Waals surface area contributed by atoms with E-state index in [1.165, 1.54) is 20.8 Å². The first-order valence-electron chi connectivity index (χ1n) is 6.84. The van der Waals surface area contributed by atoms with Gasteiger partial charge in [0.1, 0.15) is 0 Å². The number of nitrogens with zero attached hydrogens (tertiary/aromatic N) is 1. The number of para-hydroxylation sites is 1. The zero-order chi connectivity index (χ0) is 14.1. The van der Waals surface area contributed by atoms with Crippen LogP contribution in [0.15, 0.2) is 42.5 Å². The van der Waals surface area contributed by atoms with Crippen LogP contribution < -0.4 is 5.73 Å². The van der Waals surface area contributed by atoms with Crippen LogP contribution in [0.25, 0.3) is 10.2 Å². The number of nitrogen functional groups attached to an aromatic ring is 1. The second kappa shape index (κ2) is 5.25. The van der Waals surface area contributed by atoms with Crippen LogP contribution >= 0.6 is 11.3 Å². The molecule has 1 unspecified atom stereocenters. The lowest BCUT2D eigenvalue weighted by Crippen LogP contribution is -1.98. The van der Waals surface area contributed by atoms with Crippen LogP contribution in [0.2, 0.25) is 0 Å². The smallest absolute Gasteiger partial charge is 0.0944 e. The molecule has 0 aliphatic heterocycles. The van der Waals surface area contributed by atoms with Gasteiger partial charge in [-0.15, -0.1) is 11.3 Å². The summed E-state index contributed by atoms with van der Waals surface area (Å²) in [6, 6.07) is 14.5. The lowest BCUT2D eigenvalue weighted by atomic mass is 9.98. The Morgan fingerprint density at radius 1 is 1.15 bits per heavy atom. The fraction of sp³-hybridized carbons (Fsp3) is 0.235. The van der Waals surface area contributed by atoms with Crippen LogP contribution in [-0.4, -0.2) is 4.98 Å². The highest BCUT2D eigenvalue weighted by atomic mass is 32.1. The Labute approximate surface area is 123 Å². The Morgan fingerprint density at radius 3 is 2.60 bits per heavy atom. The zero-order valence-corrected chi connectivity index (χ0v) is 12.6. The molecule has 0 aliphatic carbocycles. The molecule has 2 aromatic carbocycles. The van der Waals surface area contributed by atoms with Crippen molar-refractivity contribution in [3.05, 3.63) is 58.6 Å². The summed E-state index contributed by atoms with van der Waals surface area (Å²) in [4.78, 5) is 4.79. The van der Waals surface area contributed by atoms with Crippen LogP contribution in [0.4, 0.5) is 5.69 Å². The fourth-order valence-electron chi connectivity index (χ4n) is 2.42. The zero-order valence-electron chi connectivity index (χ0n) is 11.8. The highest BCUT2D eigenvalue weighted by Gasteiger charge is 2.11. The van der Waals surface area contributed by atoms with Crippen molar-refractivity contribution in [1.29, 1.82) is 0 Å². The Morgan fingerprint density at radius 2 is 1.90 bits per heavy atom. The number of aryl methyl sites for hydroxylation is 1. The van der Waals surface area contributed by atoms with E-state index in [2.05, 4.69) is 44.2 Å². The molecule has 3 aromatic rings. The van der Waals surface area contributed by atoms with Crippen molar-refractivity contribution in [3.63, 3.8) is 0 Å². The van der Waals surface area contributed by atoms with E-state index >= 15 is 0 Å². The molecule has 1 aromatic heterocycles. The van der Waals surface area contributed by atoms with E-state index in [9.17, 15) is 0 Å². The summed E-state index contributed by atoms with van der Waals surface area (Å²) in [6.45, 7) is 4.36. The standard InChI is InChI=1S/C17H18N2S/c1-11-4-3-5-15-17(11)19-16(20-15)10-12(2)13-6-8-14(18)9-7-13/h3-9,12H,10,18H2,1-2H3. The Kier molecular flexibility index (Phi) is 3.45. The molecule has 2 N–H and O–H groups in total. The third-order valence-corrected chi connectivity index (χ3v) is 4.69. The molecule has 0 fully saturated rings. The van der Waals surface area contributed by atoms with E-state index in [1.807, 2.05) is 12.1 Å². The molecule has 2 nitrogen and oxygen atoms in total. The summed E-state index contributed by atoms with van der Waals surface area (Å²) >= 11 is 1.80. The quantitative estimate of drug-likeness (QED) is 0.717. The summed E-state index contributed by atoms with van der Waals surface area (Å²) in [5.74, 6) is 0.455. The first-order valence-corrected chi connectivity index (χ1v) is 7.65. The number of rotatable bonds is 3. The van der Waals surface area contributed by atoms with Gasteiger partial charge in [-0.2, -0.15) is 0 Å². The highest BCUT2D eigenvalue weighted by Crippen LogP contribution is 2.28. The summed E-state index contributed by atoms with van der Waals surface area (Å²) in [7, 11) is 0. The number of hydrogen-bond donors (Lipinski definition) is 1. The average Bonchev–Trinajstić information content (AvgIpc) is 2.83. The minimum atomic E-state index is 0.455. The maximum atomic E-state index is 5.74. The normalized spacial score (nSPS) is 12.7. The third kappa shape index (κ3) is 2.54. The van der Waals surface area contributed by atoms with Gasteiger partial charge in [0.05, 0.1) is 15.2 Å². The number of thiazole rings is 1. The molecule has 0 spiro atoms. The number of anilines is 1. The van der Waals surface area contributed by atoms with Crippen molar-refractivity contribution in [1.82, 2.24) is 4.98 Å². The molecule has 102 valence electrons. The van der Waals surface area contributed by atoms with Crippen LogP contribution in [0.1, 0.15) is 29.0 Å². The molecule has 3 heteroatoms. The first kappa shape index (κ1) is 13.1. The van der Waals surface area contributed by atoms with Crippen molar-refractivity contribution in [2.75, 3.05) is 5.73 Å². The van der Waals surface area contributed by atoms with Crippen molar-refractivity contribution >= 4 is 27.2 Å². The molecule has 20 heavy (non-hydrogen) atoms. The lowest BCUT2D eigenvalue weighted by molar-refractivity contribution is 0.756. The topological polar surface area (TPSA) is 38.9 Å². The predicted octanol–water partition coefficient (Wildman–Crippen LogP) is 4.53. The van der Waals surface area contributed by atoms with Gasteiger partial charge in [0.15, 0.2) is 0 Å². The Bertz CT molecular complexity index is 728. The van der Waals surface area contributed by atoms with Gasteiger partial charge in [0.25, 0.3) is 0 Å². The monoisotopic (exact) mass is 282 g/mol. The third-order valence-electron chi connectivity index (χ3n) is 3.65. The summed E-state index contributed by atoms with van der Waals surface area (Å²) in [6.07, 6.45) is 0.975. The van der Waals surface area contributed by atoms with E-state index in [-0.39, 0.29) is 0 Å². The van der Waals surface area contributed by atoms with Crippen LogP contribution in [-0.2, 0) is 6.42 Å². The minimum absolute atomic E-state index is 0.455. The maximum Gasteiger partial charge on any atom is 0.0944 e. The Balaban J connectivity index is 1.85. The van der Waals surface area contributed by atoms with Crippen molar-refractivity contribution in [2.45, 2.75) is 26.2 Å². The number of aromatic nitrogens is 1. The van der Waals surface area contributed by atoms with E-state index in [1.54, 1.807) is 11.3 Å². The Hall–Kier alpha value is -1.87. The molecule has 0 amide bonds. The van der Waals surface area contributed by atoms with Crippen molar-refractivity contribution in [3.8, 4) is 0 Å². The second-order valence-corrected chi connectivity index (χ2v) is 6.42. The minimum Gasteiger partial charge on any atom is -0.399 e. The average molecular weight is 282 g/mol. The van der Waals surface area contributed by atoms with Gasteiger partial charge < -0.3 is 5.73 Å². The molecule has 0 saturated carbocycles. The largest absolute Gasteiger partial charge is 0.399 e. The van der Waals surface area contributed by atoms with Crippen molar-refractivity contribution in [2.24, 2.45) is 0 Å². The predicted molar refractivity (Wildman–Crippen MR) is 87.3 cm³/mol. The van der Waals surface area contributed by atoms with Gasteiger partial charge in [-0.1, -0.05) is 31.2 Å². The van der Waals surface area contributed by atoms with Crippen molar-refractivity contribution < 1.29 is 0 Å². The van der Waals surface area contributed by atoms with Gasteiger partial charge >= 0.3 is 0 Å². The molecular weight excluding hydrogens is 264 g/mol. The van der Waals surface area contributed by atoms with Gasteiger partial charge in [-0.25, -0.2) is 4.98 Å². The molecule has 3 rings (SSSR count). The molecule has 1 heterocycles. The SMILES string of the molecule is Cc1cccc2sc(CC(C)c3ccc(N)cc3)nc12. The molecule has 0 saturated heterocycles. The van der Waals surface area contributed by atoms with E-state index in [4.69, 9.17) is 10.7 Å². The number of hydrogen-bond acceptors (Lipinski definition) is 3. The summed E-state index contributed by atoms with van der Waals surface area (Å²) in [5, 5.41) is 1.21. The molecule has 0 radical (unpaired) electrons. The van der Waals surface area contributed by atoms with E-state index < -0.39 is 0 Å². The first-order chi connectivity index (χ1) is 9.63. The number of benzene rings is 2. The van der Waals surface area contributed by atoms with Crippen LogP contribution in [0.3, 0.4) is 0 Å². The van der Waals surface area contributed by atoms with Crippen LogP contribution in [0, 0.1) is 6.92 Å². The summed E-state index contributed by atoms with van der Waals surface area (Å²) in [5.41, 5.74) is 10.3. The molecule has 1 atom stereocenters. The van der Waals surface area contributed by atoms with E-state index in [0.29, 0.717) is 5.92 Å². The second-order valence-electron chi connectivity index (χ2n) is 5.30. The van der Waals surface area contributed by atoms with Gasteiger partial charge in [0.2, 0.25) is 0 Å². The fourth-order valence-corrected chi connectivity index (χ4v) is 3.60. The van der Waals surface area contributed by atoms with Gasteiger partial charge in [-0.05, 0) is 42.2 Å². The number of nitrogens with two attached hydrogens (primary N) is 1.